The van der Waals surface area contributed by atoms with Crippen LogP contribution in [0.4, 0.5) is 5.69 Å². The van der Waals surface area contributed by atoms with Crippen molar-refractivity contribution in [2.45, 2.75) is 0 Å². The van der Waals surface area contributed by atoms with Crippen molar-refractivity contribution in [2.24, 2.45) is 0 Å². The first-order valence-corrected chi connectivity index (χ1v) is 11.2. The van der Waals surface area contributed by atoms with Crippen LogP contribution < -0.4 is 14.4 Å². The van der Waals surface area contributed by atoms with Crippen LogP contribution in [0, 0.1) is 0 Å². The van der Waals surface area contributed by atoms with Gasteiger partial charge in [0, 0.05) is 41.8 Å². The normalized spacial score (nSPS) is 15.9. The molecule has 0 saturated carbocycles. The number of carbonyl (C=O) groups excluding carboxylic acids is 1. The van der Waals surface area contributed by atoms with Crippen LogP contribution in [-0.4, -0.2) is 50.2 Å². The number of amides is 1. The number of benzene rings is 2. The lowest BCUT2D eigenvalue weighted by molar-refractivity contribution is 0.0751. The molecule has 1 saturated heterocycles. The molecule has 0 aliphatic carbocycles. The Labute approximate surface area is 184 Å². The van der Waals surface area contributed by atoms with Crippen LogP contribution >= 0.6 is 22.9 Å². The van der Waals surface area contributed by atoms with E-state index in [9.17, 15) is 4.79 Å². The molecule has 5 rings (SSSR count). The standard InChI is InChI=1S/C23H21ClN2O3S/c24-17-2-1-3-18(15-17)25-8-10-26(11-9-25)23(27)22-7-6-21(30-22)16-4-5-19-20(14-16)29-13-12-28-19/h1-7,14-15H,8-13H2. The van der Waals surface area contributed by atoms with Gasteiger partial charge in [-0.2, -0.15) is 0 Å². The number of anilines is 1. The first kappa shape index (κ1) is 19.3. The zero-order chi connectivity index (χ0) is 20.5. The number of carbonyl (C=O) groups is 1. The molecule has 0 radical (unpaired) electrons. The number of fused-ring (bicyclic) bond motifs is 1. The highest BCUT2D eigenvalue weighted by Gasteiger charge is 2.24. The summed E-state index contributed by atoms with van der Waals surface area (Å²) < 4.78 is 11.3. The maximum Gasteiger partial charge on any atom is 0.264 e. The first-order chi connectivity index (χ1) is 14.7. The third kappa shape index (κ3) is 3.85. The van der Waals surface area contributed by atoms with E-state index in [1.165, 1.54) is 11.3 Å². The summed E-state index contributed by atoms with van der Waals surface area (Å²) in [6.07, 6.45) is 0. The molecule has 2 aromatic carbocycles. The number of halogens is 1. The van der Waals surface area contributed by atoms with Gasteiger partial charge >= 0.3 is 0 Å². The van der Waals surface area contributed by atoms with Crippen LogP contribution in [0.3, 0.4) is 0 Å². The molecule has 154 valence electrons. The second kappa shape index (κ2) is 8.20. The highest BCUT2D eigenvalue weighted by molar-refractivity contribution is 7.17. The predicted molar refractivity (Wildman–Crippen MR) is 120 cm³/mol. The summed E-state index contributed by atoms with van der Waals surface area (Å²) in [5.74, 6) is 1.63. The van der Waals surface area contributed by atoms with Gasteiger partial charge in [0.2, 0.25) is 0 Å². The molecule has 0 atom stereocenters. The largest absolute Gasteiger partial charge is 0.486 e. The Morgan fingerprint density at radius 2 is 1.70 bits per heavy atom. The van der Waals surface area contributed by atoms with Crippen molar-refractivity contribution in [3.63, 3.8) is 0 Å². The second-order valence-electron chi connectivity index (χ2n) is 7.28. The molecule has 0 bridgehead atoms. The van der Waals surface area contributed by atoms with Gasteiger partial charge in [0.1, 0.15) is 13.2 Å². The highest BCUT2D eigenvalue weighted by atomic mass is 35.5. The fraction of sp³-hybridized carbons (Fsp3) is 0.261. The molecule has 1 fully saturated rings. The van der Waals surface area contributed by atoms with Gasteiger partial charge in [-0.05, 0) is 54.1 Å². The molecule has 0 N–H and O–H groups in total. The molecule has 1 amide bonds. The molecule has 0 spiro atoms. The average molecular weight is 441 g/mol. The Morgan fingerprint density at radius 3 is 2.50 bits per heavy atom. The molecule has 7 heteroatoms. The van der Waals surface area contributed by atoms with E-state index in [0.717, 1.165) is 50.6 Å². The van der Waals surface area contributed by atoms with E-state index in [1.54, 1.807) is 0 Å². The van der Waals surface area contributed by atoms with Gasteiger partial charge in [0.15, 0.2) is 11.5 Å². The predicted octanol–water partition coefficient (Wildman–Crippen LogP) is 4.80. The van der Waals surface area contributed by atoms with Crippen molar-refractivity contribution in [3.05, 3.63) is 64.5 Å². The lowest BCUT2D eigenvalue weighted by Gasteiger charge is -2.36. The molecule has 2 aliphatic rings. The number of hydrogen-bond donors (Lipinski definition) is 0. The van der Waals surface area contributed by atoms with E-state index in [1.807, 2.05) is 53.4 Å². The zero-order valence-corrected chi connectivity index (χ0v) is 17.9. The Bertz CT molecular complexity index is 1080. The summed E-state index contributed by atoms with van der Waals surface area (Å²) in [4.78, 5) is 19.0. The molecule has 3 aromatic rings. The number of rotatable bonds is 3. The van der Waals surface area contributed by atoms with Gasteiger partial charge in [-0.15, -0.1) is 11.3 Å². The molecular formula is C23H21ClN2O3S. The molecular weight excluding hydrogens is 420 g/mol. The van der Waals surface area contributed by atoms with Gasteiger partial charge in [-0.3, -0.25) is 4.79 Å². The van der Waals surface area contributed by atoms with Crippen LogP contribution in [0.15, 0.2) is 54.6 Å². The van der Waals surface area contributed by atoms with Crippen molar-refractivity contribution in [2.75, 3.05) is 44.3 Å². The summed E-state index contributed by atoms with van der Waals surface area (Å²) in [6.45, 7) is 4.13. The van der Waals surface area contributed by atoms with Crippen LogP contribution in [0.2, 0.25) is 5.02 Å². The minimum Gasteiger partial charge on any atom is -0.486 e. The van der Waals surface area contributed by atoms with Crippen LogP contribution in [0.5, 0.6) is 11.5 Å². The number of piperazine rings is 1. The van der Waals surface area contributed by atoms with E-state index in [4.69, 9.17) is 21.1 Å². The van der Waals surface area contributed by atoms with E-state index < -0.39 is 0 Å². The van der Waals surface area contributed by atoms with Crippen LogP contribution in [0.25, 0.3) is 10.4 Å². The van der Waals surface area contributed by atoms with E-state index in [0.29, 0.717) is 26.3 Å². The van der Waals surface area contributed by atoms with E-state index in [2.05, 4.69) is 11.0 Å². The zero-order valence-electron chi connectivity index (χ0n) is 16.3. The molecule has 2 aliphatic heterocycles. The number of nitrogens with zero attached hydrogens (tertiary/aromatic N) is 2. The van der Waals surface area contributed by atoms with Crippen LogP contribution in [-0.2, 0) is 0 Å². The Morgan fingerprint density at radius 1 is 0.900 bits per heavy atom. The van der Waals surface area contributed by atoms with Crippen molar-refractivity contribution in [3.8, 4) is 21.9 Å². The van der Waals surface area contributed by atoms with E-state index in [-0.39, 0.29) is 5.91 Å². The SMILES string of the molecule is O=C(c1ccc(-c2ccc3c(c2)OCCO3)s1)N1CCN(c2cccc(Cl)c2)CC1. The first-order valence-electron chi connectivity index (χ1n) is 9.97. The van der Waals surface area contributed by atoms with Gasteiger partial charge < -0.3 is 19.3 Å². The fourth-order valence-corrected chi connectivity index (χ4v) is 4.96. The third-order valence-electron chi connectivity index (χ3n) is 5.38. The minimum absolute atomic E-state index is 0.0922. The van der Waals surface area contributed by atoms with Crippen molar-refractivity contribution < 1.29 is 14.3 Å². The lowest BCUT2D eigenvalue weighted by Crippen LogP contribution is -2.48. The average Bonchev–Trinajstić information content (AvgIpc) is 3.29. The maximum absolute atomic E-state index is 13.0. The topological polar surface area (TPSA) is 42.0 Å². The molecule has 1 aromatic heterocycles. The second-order valence-corrected chi connectivity index (χ2v) is 8.80. The van der Waals surface area contributed by atoms with Crippen molar-refractivity contribution >= 4 is 34.5 Å². The summed E-state index contributed by atoms with van der Waals surface area (Å²) in [5, 5.41) is 0.733. The molecule has 5 nitrogen and oxygen atoms in total. The Kier molecular flexibility index (Phi) is 5.27. The minimum atomic E-state index is 0.0922. The molecule has 0 unspecified atom stereocenters. The lowest BCUT2D eigenvalue weighted by atomic mass is 10.1. The van der Waals surface area contributed by atoms with Gasteiger partial charge in [-0.25, -0.2) is 0 Å². The smallest absolute Gasteiger partial charge is 0.264 e. The van der Waals surface area contributed by atoms with Gasteiger partial charge in [0.25, 0.3) is 5.91 Å². The molecule has 30 heavy (non-hydrogen) atoms. The number of ether oxygens (including phenoxy) is 2. The van der Waals surface area contributed by atoms with Gasteiger partial charge in [0.05, 0.1) is 4.88 Å². The van der Waals surface area contributed by atoms with E-state index >= 15 is 0 Å². The summed E-state index contributed by atoms with van der Waals surface area (Å²) >= 11 is 7.63. The van der Waals surface area contributed by atoms with Crippen molar-refractivity contribution in [1.29, 1.82) is 0 Å². The summed E-state index contributed by atoms with van der Waals surface area (Å²) in [6, 6.07) is 17.7. The number of hydrogen-bond acceptors (Lipinski definition) is 5. The highest BCUT2D eigenvalue weighted by Crippen LogP contribution is 2.37. The summed E-state index contributed by atoms with van der Waals surface area (Å²) in [5.41, 5.74) is 2.14. The maximum atomic E-state index is 13.0. The molecule has 3 heterocycles. The quantitative estimate of drug-likeness (QED) is 0.586. The fourth-order valence-electron chi connectivity index (χ4n) is 3.80. The Hall–Kier alpha value is -2.70. The summed E-state index contributed by atoms with van der Waals surface area (Å²) in [7, 11) is 0. The monoisotopic (exact) mass is 440 g/mol. The van der Waals surface area contributed by atoms with Crippen molar-refractivity contribution in [1.82, 2.24) is 4.90 Å². The third-order valence-corrected chi connectivity index (χ3v) is 6.74. The number of thiophene rings is 1. The van der Waals surface area contributed by atoms with Gasteiger partial charge in [-0.1, -0.05) is 17.7 Å². The van der Waals surface area contributed by atoms with Crippen LogP contribution in [0.1, 0.15) is 9.67 Å². The Balaban J connectivity index is 1.26.